The van der Waals surface area contributed by atoms with Crippen LogP contribution in [0, 0.1) is 0 Å². The third-order valence-electron chi connectivity index (χ3n) is 4.69. The van der Waals surface area contributed by atoms with Gasteiger partial charge in [0.15, 0.2) is 0 Å². The fraction of sp³-hybridized carbons (Fsp3) is 0.316. The summed E-state index contributed by atoms with van der Waals surface area (Å²) in [6.45, 7) is 0. The Labute approximate surface area is 166 Å². The van der Waals surface area contributed by atoms with Gasteiger partial charge in [-0.3, -0.25) is 9.63 Å². The second-order valence-corrected chi connectivity index (χ2v) is 8.42. The zero-order chi connectivity index (χ0) is 21.2. The molecule has 0 aromatic heterocycles. The Bertz CT molecular complexity index is 1020. The van der Waals surface area contributed by atoms with Gasteiger partial charge in [0, 0.05) is 11.6 Å². The van der Waals surface area contributed by atoms with E-state index in [-0.39, 0.29) is 0 Å². The molecule has 2 N–H and O–H groups in total. The van der Waals surface area contributed by atoms with Crippen LogP contribution < -0.4 is 10.2 Å². The largest absolute Gasteiger partial charge is 0.416 e. The van der Waals surface area contributed by atoms with Crippen LogP contribution >= 0.6 is 0 Å². The number of hydroxylamine groups is 1. The van der Waals surface area contributed by atoms with Gasteiger partial charge in [0.2, 0.25) is 10.0 Å². The summed E-state index contributed by atoms with van der Waals surface area (Å²) in [5.41, 5.74) is 3.35. The molecule has 6 nitrogen and oxygen atoms in total. The number of alkyl halides is 3. The van der Waals surface area contributed by atoms with Crippen LogP contribution in [0.1, 0.15) is 33.5 Å². The summed E-state index contributed by atoms with van der Waals surface area (Å²) in [7, 11) is -2.82. The lowest BCUT2D eigenvalue weighted by molar-refractivity contribution is -0.137. The molecule has 156 valence electrons. The van der Waals surface area contributed by atoms with Crippen molar-refractivity contribution >= 4 is 15.9 Å². The third kappa shape index (κ3) is 4.95. The SMILES string of the molecule is CONC(=O)c1ccc2c(c1)CC(NS(=O)(=O)c1cccc(C(F)(F)F)c1)CC2. The smallest absolute Gasteiger partial charge is 0.277 e. The molecule has 1 atom stereocenters. The van der Waals surface area contributed by atoms with Crippen molar-refractivity contribution in [3.63, 3.8) is 0 Å². The molecule has 0 fully saturated rings. The van der Waals surface area contributed by atoms with Crippen LogP contribution in [0.2, 0.25) is 0 Å². The summed E-state index contributed by atoms with van der Waals surface area (Å²) in [6.07, 6.45) is -3.23. The lowest BCUT2D eigenvalue weighted by Crippen LogP contribution is -2.39. The predicted molar refractivity (Wildman–Crippen MR) is 98.5 cm³/mol. The summed E-state index contributed by atoms with van der Waals surface area (Å²) in [6, 6.07) is 8.25. The third-order valence-corrected chi connectivity index (χ3v) is 6.20. The molecule has 1 amide bonds. The van der Waals surface area contributed by atoms with E-state index in [4.69, 9.17) is 0 Å². The molecule has 0 heterocycles. The summed E-state index contributed by atoms with van der Waals surface area (Å²) in [5.74, 6) is -0.429. The van der Waals surface area contributed by atoms with Crippen LogP contribution in [0.3, 0.4) is 0 Å². The average Bonchev–Trinajstić information content (AvgIpc) is 2.67. The first-order valence-electron chi connectivity index (χ1n) is 8.75. The maximum Gasteiger partial charge on any atom is 0.416 e. The van der Waals surface area contributed by atoms with Crippen molar-refractivity contribution in [3.05, 3.63) is 64.7 Å². The zero-order valence-electron chi connectivity index (χ0n) is 15.4. The maximum absolute atomic E-state index is 12.9. The Balaban J connectivity index is 1.78. The first kappa shape index (κ1) is 21.3. The Kier molecular flexibility index (Phi) is 5.97. The van der Waals surface area contributed by atoms with E-state index in [0.717, 1.165) is 29.3 Å². The molecule has 2 aromatic rings. The van der Waals surface area contributed by atoms with Crippen molar-refractivity contribution in [2.24, 2.45) is 0 Å². The number of hydrogen-bond donors (Lipinski definition) is 2. The lowest BCUT2D eigenvalue weighted by atomic mass is 9.87. The molecule has 0 aliphatic heterocycles. The number of halogens is 3. The summed E-state index contributed by atoms with van der Waals surface area (Å²) >= 11 is 0. The van der Waals surface area contributed by atoms with Gasteiger partial charge in [0.25, 0.3) is 5.91 Å². The van der Waals surface area contributed by atoms with Crippen molar-refractivity contribution in [3.8, 4) is 0 Å². The van der Waals surface area contributed by atoms with Gasteiger partial charge in [-0.1, -0.05) is 12.1 Å². The predicted octanol–water partition coefficient (Wildman–Crippen LogP) is 2.83. The van der Waals surface area contributed by atoms with Gasteiger partial charge in [-0.15, -0.1) is 0 Å². The topological polar surface area (TPSA) is 84.5 Å². The quantitative estimate of drug-likeness (QED) is 0.718. The normalized spacial score (nSPS) is 16.9. The number of carbonyl (C=O) groups excluding carboxylic acids is 1. The van der Waals surface area contributed by atoms with Gasteiger partial charge in [-0.25, -0.2) is 18.6 Å². The summed E-state index contributed by atoms with van der Waals surface area (Å²) in [4.78, 5) is 16.1. The monoisotopic (exact) mass is 428 g/mol. The maximum atomic E-state index is 12.9. The first-order chi connectivity index (χ1) is 13.6. The van der Waals surface area contributed by atoms with Gasteiger partial charge >= 0.3 is 6.18 Å². The number of hydrogen-bond acceptors (Lipinski definition) is 4. The highest BCUT2D eigenvalue weighted by molar-refractivity contribution is 7.89. The number of rotatable bonds is 5. The van der Waals surface area contributed by atoms with Crippen molar-refractivity contribution in [1.29, 1.82) is 0 Å². The van der Waals surface area contributed by atoms with Crippen LogP contribution in [0.4, 0.5) is 13.2 Å². The summed E-state index contributed by atoms with van der Waals surface area (Å²) in [5, 5.41) is 0. The molecule has 0 bridgehead atoms. The van der Waals surface area contributed by atoms with Crippen molar-refractivity contribution in [1.82, 2.24) is 10.2 Å². The fourth-order valence-corrected chi connectivity index (χ4v) is 4.59. The minimum Gasteiger partial charge on any atom is -0.277 e. The van der Waals surface area contributed by atoms with E-state index in [1.165, 1.54) is 7.11 Å². The van der Waals surface area contributed by atoms with Crippen LogP contribution in [0.5, 0.6) is 0 Å². The second kappa shape index (κ2) is 8.13. The Hall–Kier alpha value is -2.43. The molecular formula is C19H19F3N2O4S. The van der Waals surface area contributed by atoms with Gasteiger partial charge in [0.1, 0.15) is 0 Å². The number of carbonyl (C=O) groups is 1. The number of aryl methyl sites for hydroxylation is 1. The van der Waals surface area contributed by atoms with E-state index in [1.54, 1.807) is 18.2 Å². The van der Waals surface area contributed by atoms with E-state index in [1.807, 2.05) is 0 Å². The van der Waals surface area contributed by atoms with Crippen molar-refractivity contribution in [2.75, 3.05) is 7.11 Å². The van der Waals surface area contributed by atoms with E-state index in [9.17, 15) is 26.4 Å². The van der Waals surface area contributed by atoms with Crippen LogP contribution in [-0.4, -0.2) is 27.5 Å². The van der Waals surface area contributed by atoms with E-state index in [2.05, 4.69) is 15.0 Å². The summed E-state index contributed by atoms with van der Waals surface area (Å²) < 4.78 is 66.3. The van der Waals surface area contributed by atoms with Gasteiger partial charge in [-0.2, -0.15) is 13.2 Å². The average molecular weight is 428 g/mol. The molecular weight excluding hydrogens is 409 g/mol. The first-order valence-corrected chi connectivity index (χ1v) is 10.2. The minimum absolute atomic E-state index is 0.321. The molecule has 0 spiro atoms. The van der Waals surface area contributed by atoms with E-state index >= 15 is 0 Å². The highest BCUT2D eigenvalue weighted by Crippen LogP contribution is 2.31. The van der Waals surface area contributed by atoms with Crippen LogP contribution in [0.15, 0.2) is 47.4 Å². The standard InChI is InChI=1S/C19H19F3N2O4S/c1-28-23-18(25)13-6-5-12-7-8-16(10-14(12)9-13)24-29(26,27)17-4-2-3-15(11-17)19(20,21)22/h2-6,9,11,16,24H,7-8,10H2,1H3,(H,23,25). The number of benzene rings is 2. The molecule has 0 saturated carbocycles. The van der Waals surface area contributed by atoms with E-state index < -0.39 is 38.6 Å². The van der Waals surface area contributed by atoms with Crippen LogP contribution in [0.25, 0.3) is 0 Å². The molecule has 0 radical (unpaired) electrons. The zero-order valence-corrected chi connectivity index (χ0v) is 16.2. The number of sulfonamides is 1. The van der Waals surface area contributed by atoms with Gasteiger partial charge in [-0.05, 0) is 60.7 Å². The molecule has 10 heteroatoms. The molecule has 1 aliphatic carbocycles. The van der Waals surface area contributed by atoms with Crippen molar-refractivity contribution in [2.45, 2.75) is 36.4 Å². The highest BCUT2D eigenvalue weighted by atomic mass is 32.2. The van der Waals surface area contributed by atoms with Crippen molar-refractivity contribution < 1.29 is 31.2 Å². The lowest BCUT2D eigenvalue weighted by Gasteiger charge is -2.26. The second-order valence-electron chi connectivity index (χ2n) is 6.71. The molecule has 1 aliphatic rings. The number of nitrogens with one attached hydrogen (secondary N) is 2. The Morgan fingerprint density at radius 3 is 2.59 bits per heavy atom. The van der Waals surface area contributed by atoms with E-state index in [0.29, 0.717) is 30.9 Å². The Morgan fingerprint density at radius 1 is 1.14 bits per heavy atom. The fourth-order valence-electron chi connectivity index (χ4n) is 3.28. The molecule has 2 aromatic carbocycles. The van der Waals surface area contributed by atoms with Gasteiger partial charge in [0.05, 0.1) is 17.6 Å². The molecule has 29 heavy (non-hydrogen) atoms. The van der Waals surface area contributed by atoms with Gasteiger partial charge < -0.3 is 0 Å². The minimum atomic E-state index is -4.63. The number of fused-ring (bicyclic) bond motifs is 1. The highest BCUT2D eigenvalue weighted by Gasteiger charge is 2.32. The number of amides is 1. The Morgan fingerprint density at radius 2 is 1.90 bits per heavy atom. The molecule has 1 unspecified atom stereocenters. The molecule has 0 saturated heterocycles. The molecule has 3 rings (SSSR count). The van der Waals surface area contributed by atoms with Crippen LogP contribution in [-0.2, 0) is 33.9 Å².